The summed E-state index contributed by atoms with van der Waals surface area (Å²) in [7, 11) is 1.55. The molecule has 0 radical (unpaired) electrons. The van der Waals surface area contributed by atoms with Gasteiger partial charge in [-0.25, -0.2) is 0 Å². The molecule has 0 saturated carbocycles. The van der Waals surface area contributed by atoms with E-state index in [0.29, 0.717) is 10.2 Å². The molecule has 0 aromatic heterocycles. The van der Waals surface area contributed by atoms with Gasteiger partial charge in [-0.2, -0.15) is 0 Å². The lowest BCUT2D eigenvalue weighted by Gasteiger charge is -2.10. The Kier molecular flexibility index (Phi) is 3.17. The van der Waals surface area contributed by atoms with Crippen molar-refractivity contribution >= 4 is 15.9 Å². The number of phenolic OH excluding ortho intramolecular Hbond substituents is 1. The summed E-state index contributed by atoms with van der Waals surface area (Å²) in [4.78, 5) is 0. The highest BCUT2D eigenvalue weighted by molar-refractivity contribution is 9.10. The summed E-state index contributed by atoms with van der Waals surface area (Å²) in [5, 5.41) is 9.48. The van der Waals surface area contributed by atoms with Crippen LogP contribution in [0, 0.1) is 0 Å². The zero-order valence-corrected chi connectivity index (χ0v) is 9.13. The number of benzene rings is 1. The van der Waals surface area contributed by atoms with E-state index in [4.69, 9.17) is 10.5 Å². The van der Waals surface area contributed by atoms with Gasteiger partial charge in [-0.3, -0.25) is 0 Å². The van der Waals surface area contributed by atoms with Gasteiger partial charge in [-0.05, 0) is 40.5 Å². The molecular formula is C9H12BrNO2. The largest absolute Gasteiger partial charge is 0.507 e. The Morgan fingerprint density at radius 2 is 2.15 bits per heavy atom. The van der Waals surface area contributed by atoms with E-state index in [0.717, 1.165) is 5.56 Å². The Morgan fingerprint density at radius 1 is 1.54 bits per heavy atom. The Hall–Kier alpha value is -0.740. The standard InChI is InChI=1S/C9H12BrNO2/c1-5(11)6-3-7(12)9(10)8(4-6)13-2/h3-5,12H,11H2,1-2H3. The van der Waals surface area contributed by atoms with E-state index in [1.165, 1.54) is 0 Å². The van der Waals surface area contributed by atoms with E-state index in [9.17, 15) is 5.11 Å². The molecule has 1 aromatic carbocycles. The Labute approximate surface area is 85.6 Å². The molecule has 0 aliphatic heterocycles. The fraction of sp³-hybridized carbons (Fsp3) is 0.333. The van der Waals surface area contributed by atoms with Gasteiger partial charge < -0.3 is 15.6 Å². The molecule has 0 amide bonds. The minimum Gasteiger partial charge on any atom is -0.507 e. The van der Waals surface area contributed by atoms with Crippen LogP contribution >= 0.6 is 15.9 Å². The molecule has 13 heavy (non-hydrogen) atoms. The summed E-state index contributed by atoms with van der Waals surface area (Å²) in [6.45, 7) is 1.85. The van der Waals surface area contributed by atoms with E-state index < -0.39 is 0 Å². The van der Waals surface area contributed by atoms with Crippen molar-refractivity contribution in [2.45, 2.75) is 13.0 Å². The van der Waals surface area contributed by atoms with Crippen LogP contribution in [0.25, 0.3) is 0 Å². The Morgan fingerprint density at radius 3 is 2.62 bits per heavy atom. The summed E-state index contributed by atoms with van der Waals surface area (Å²) in [5.74, 6) is 0.735. The number of rotatable bonds is 2. The van der Waals surface area contributed by atoms with Crippen LogP contribution in [0.4, 0.5) is 0 Å². The van der Waals surface area contributed by atoms with Crippen LogP contribution in [0.15, 0.2) is 16.6 Å². The highest BCUT2D eigenvalue weighted by Crippen LogP contribution is 2.35. The molecule has 0 aliphatic rings. The van der Waals surface area contributed by atoms with Crippen molar-refractivity contribution in [2.75, 3.05) is 7.11 Å². The lowest BCUT2D eigenvalue weighted by atomic mass is 10.1. The predicted molar refractivity (Wildman–Crippen MR) is 55.0 cm³/mol. The molecule has 4 heteroatoms. The van der Waals surface area contributed by atoms with Gasteiger partial charge in [0, 0.05) is 6.04 Å². The van der Waals surface area contributed by atoms with Crippen LogP contribution in [-0.4, -0.2) is 12.2 Å². The number of phenols is 1. The van der Waals surface area contributed by atoms with E-state index in [1.807, 2.05) is 6.92 Å². The van der Waals surface area contributed by atoms with E-state index in [1.54, 1.807) is 19.2 Å². The maximum absolute atomic E-state index is 9.48. The minimum atomic E-state index is -0.118. The topological polar surface area (TPSA) is 55.5 Å². The molecular weight excluding hydrogens is 234 g/mol. The molecule has 0 spiro atoms. The highest BCUT2D eigenvalue weighted by atomic mass is 79.9. The summed E-state index contributed by atoms with van der Waals surface area (Å²) in [6, 6.07) is 3.30. The van der Waals surface area contributed by atoms with Crippen LogP contribution in [0.5, 0.6) is 11.5 Å². The molecule has 0 fully saturated rings. The molecule has 0 heterocycles. The second-order valence-corrected chi connectivity index (χ2v) is 3.64. The molecule has 3 nitrogen and oxygen atoms in total. The van der Waals surface area contributed by atoms with E-state index >= 15 is 0 Å². The van der Waals surface area contributed by atoms with Gasteiger partial charge in [0.2, 0.25) is 0 Å². The first-order valence-electron chi connectivity index (χ1n) is 3.88. The molecule has 1 rings (SSSR count). The molecule has 0 aliphatic carbocycles. The number of aromatic hydroxyl groups is 1. The molecule has 1 atom stereocenters. The minimum absolute atomic E-state index is 0.118. The fourth-order valence-electron chi connectivity index (χ4n) is 1.02. The molecule has 72 valence electrons. The first-order chi connectivity index (χ1) is 6.06. The van der Waals surface area contributed by atoms with Crippen molar-refractivity contribution in [3.05, 3.63) is 22.2 Å². The van der Waals surface area contributed by atoms with Gasteiger partial charge in [0.15, 0.2) is 0 Å². The SMILES string of the molecule is COc1cc(C(C)N)cc(O)c1Br. The van der Waals surface area contributed by atoms with Crippen molar-refractivity contribution in [2.24, 2.45) is 5.73 Å². The van der Waals surface area contributed by atoms with Crippen molar-refractivity contribution in [1.29, 1.82) is 0 Å². The maximum Gasteiger partial charge on any atom is 0.137 e. The zero-order valence-electron chi connectivity index (χ0n) is 7.54. The average Bonchev–Trinajstić information content (AvgIpc) is 2.09. The van der Waals surface area contributed by atoms with Crippen molar-refractivity contribution < 1.29 is 9.84 Å². The highest BCUT2D eigenvalue weighted by Gasteiger charge is 2.09. The lowest BCUT2D eigenvalue weighted by Crippen LogP contribution is -2.05. The van der Waals surface area contributed by atoms with Crippen molar-refractivity contribution in [3.63, 3.8) is 0 Å². The summed E-state index contributed by atoms with van der Waals surface area (Å²) < 4.78 is 5.61. The summed E-state index contributed by atoms with van der Waals surface area (Å²) >= 11 is 3.21. The van der Waals surface area contributed by atoms with Crippen LogP contribution in [0.1, 0.15) is 18.5 Å². The molecule has 0 bridgehead atoms. The smallest absolute Gasteiger partial charge is 0.137 e. The van der Waals surface area contributed by atoms with E-state index in [2.05, 4.69) is 15.9 Å². The normalized spacial score (nSPS) is 12.6. The molecule has 3 N–H and O–H groups in total. The third-order valence-electron chi connectivity index (χ3n) is 1.79. The number of ether oxygens (including phenoxy) is 1. The Bertz CT molecular complexity index is 313. The number of hydrogen-bond acceptors (Lipinski definition) is 3. The second-order valence-electron chi connectivity index (χ2n) is 2.84. The van der Waals surface area contributed by atoms with Crippen LogP contribution < -0.4 is 10.5 Å². The Balaban J connectivity index is 3.22. The maximum atomic E-state index is 9.48. The first-order valence-corrected chi connectivity index (χ1v) is 4.67. The van der Waals surface area contributed by atoms with Crippen LogP contribution in [-0.2, 0) is 0 Å². The van der Waals surface area contributed by atoms with Gasteiger partial charge >= 0.3 is 0 Å². The van der Waals surface area contributed by atoms with Gasteiger partial charge in [0.25, 0.3) is 0 Å². The summed E-state index contributed by atoms with van der Waals surface area (Å²) in [6.07, 6.45) is 0. The number of nitrogens with two attached hydrogens (primary N) is 1. The third-order valence-corrected chi connectivity index (χ3v) is 2.59. The monoisotopic (exact) mass is 245 g/mol. The van der Waals surface area contributed by atoms with Crippen molar-refractivity contribution in [1.82, 2.24) is 0 Å². The lowest BCUT2D eigenvalue weighted by molar-refractivity contribution is 0.402. The van der Waals surface area contributed by atoms with E-state index in [-0.39, 0.29) is 11.8 Å². The molecule has 1 aromatic rings. The quantitative estimate of drug-likeness (QED) is 0.840. The van der Waals surface area contributed by atoms with Gasteiger partial charge in [-0.1, -0.05) is 0 Å². The van der Waals surface area contributed by atoms with Gasteiger partial charge in [0.05, 0.1) is 7.11 Å². The van der Waals surface area contributed by atoms with Crippen molar-refractivity contribution in [3.8, 4) is 11.5 Å². The number of methoxy groups -OCH3 is 1. The molecule has 1 unspecified atom stereocenters. The van der Waals surface area contributed by atoms with Gasteiger partial charge in [-0.15, -0.1) is 0 Å². The zero-order chi connectivity index (χ0) is 10.0. The second kappa shape index (κ2) is 3.98. The average molecular weight is 246 g/mol. The number of halogens is 1. The fourth-order valence-corrected chi connectivity index (χ4v) is 1.41. The third kappa shape index (κ3) is 2.14. The summed E-state index contributed by atoms with van der Waals surface area (Å²) in [5.41, 5.74) is 6.52. The molecule has 0 saturated heterocycles. The van der Waals surface area contributed by atoms with Crippen LogP contribution in [0.2, 0.25) is 0 Å². The predicted octanol–water partition coefficient (Wildman–Crippen LogP) is 2.18. The van der Waals surface area contributed by atoms with Gasteiger partial charge in [0.1, 0.15) is 16.0 Å². The van der Waals surface area contributed by atoms with Crippen LogP contribution in [0.3, 0.4) is 0 Å². The first kappa shape index (κ1) is 10.3. The number of hydrogen-bond donors (Lipinski definition) is 2.